The van der Waals surface area contributed by atoms with Crippen LogP contribution in [0.2, 0.25) is 0 Å². The summed E-state index contributed by atoms with van der Waals surface area (Å²) in [5.74, 6) is 2.08. The minimum atomic E-state index is 0.393. The van der Waals surface area contributed by atoms with Crippen LogP contribution in [-0.2, 0) is 18.4 Å². The molecule has 0 N–H and O–H groups in total. The molecular weight excluding hydrogens is 873 g/mol. The second-order valence-electron chi connectivity index (χ2n) is 17.1. The third-order valence-electron chi connectivity index (χ3n) is 11.4. The number of benzene rings is 6. The van der Waals surface area contributed by atoms with Crippen LogP contribution in [0, 0.1) is 0 Å². The Kier molecular flexibility index (Phi) is 12.3. The zero-order valence-electron chi connectivity index (χ0n) is 36.7. The summed E-state index contributed by atoms with van der Waals surface area (Å²) in [4.78, 5) is 6.15. The van der Waals surface area contributed by atoms with Gasteiger partial charge in [0.15, 0.2) is 0 Å². The SMILES string of the molecule is CC(C)c1c2c(cc3nsnc13)N=S=N2.CC(C)c1cc2cc3ccsc3cc2s1.CC(C)c1ccc2c3ccccc3c3c(ncn3C)c2c1.CC(C)c1cccc2nsnc12. The maximum atomic E-state index is 4.66. The van der Waals surface area contributed by atoms with Crippen LogP contribution in [0.4, 0.5) is 11.4 Å². The molecular formula is C50H48N8S5. The van der Waals surface area contributed by atoms with Crippen molar-refractivity contribution in [2.75, 3.05) is 0 Å². The van der Waals surface area contributed by atoms with Crippen molar-refractivity contribution in [2.45, 2.75) is 79.1 Å². The minimum Gasteiger partial charge on any atom is -0.333 e. The van der Waals surface area contributed by atoms with Crippen molar-refractivity contribution in [1.82, 2.24) is 27.0 Å². The fraction of sp³-hybridized carbons (Fsp3) is 0.260. The van der Waals surface area contributed by atoms with Crippen molar-refractivity contribution in [3.05, 3.63) is 124 Å². The van der Waals surface area contributed by atoms with Gasteiger partial charge in [-0.2, -0.15) is 26.2 Å². The fourth-order valence-electron chi connectivity index (χ4n) is 8.06. The maximum absolute atomic E-state index is 4.66. The fourth-order valence-corrected chi connectivity index (χ4v) is 11.7. The standard InChI is InChI=1S/C19H18N2.C13H12S2.C9H8N4S2.C9H10N2S/c1-12(2)13-8-9-15-14-6-4-5-7-16(14)19-18(17(15)10-13)20-11-21(19)3;1-8(2)11-6-10-5-9-3-4-14-12(9)7-13(10)15-11;1-4(2)7-8-5(10-14-12-8)3-6-9(7)13-15-11-6;1-6(2)7-4-3-5-8-9(7)11-12-10-8/h4-12H,1-3H3;3-8H,1-2H3;3-4H,1-2H3;3-6H,1-2H3. The molecule has 63 heavy (non-hydrogen) atoms. The Balaban J connectivity index is 0.000000109. The molecule has 5 aromatic heterocycles. The zero-order chi connectivity index (χ0) is 43.9. The highest BCUT2D eigenvalue weighted by Gasteiger charge is 2.20. The lowest BCUT2D eigenvalue weighted by molar-refractivity contribution is 0.869. The smallest absolute Gasteiger partial charge is 0.110 e. The molecule has 0 aliphatic carbocycles. The first kappa shape index (κ1) is 43.0. The van der Waals surface area contributed by atoms with Gasteiger partial charge in [0.2, 0.25) is 0 Å². The lowest BCUT2D eigenvalue weighted by Gasteiger charge is -2.11. The second kappa shape index (κ2) is 18.1. The Bertz CT molecular complexity index is 3460. The Morgan fingerprint density at radius 1 is 0.556 bits per heavy atom. The Hall–Kier alpha value is -5.31. The van der Waals surface area contributed by atoms with Crippen molar-refractivity contribution >= 4 is 144 Å². The van der Waals surface area contributed by atoms with Gasteiger partial charge in [-0.05, 0) is 104 Å². The van der Waals surface area contributed by atoms with Crippen LogP contribution < -0.4 is 0 Å². The van der Waals surface area contributed by atoms with Crippen LogP contribution in [0.25, 0.3) is 74.8 Å². The summed E-state index contributed by atoms with van der Waals surface area (Å²) in [6.45, 7) is 17.6. The van der Waals surface area contributed by atoms with Crippen LogP contribution in [0.15, 0.2) is 111 Å². The highest BCUT2D eigenvalue weighted by molar-refractivity contribution is 7.58. The number of imidazole rings is 1. The molecule has 0 saturated heterocycles. The molecule has 0 radical (unpaired) electrons. The summed E-state index contributed by atoms with van der Waals surface area (Å²) in [6.07, 6.45) is 1.92. The predicted octanol–water partition coefficient (Wildman–Crippen LogP) is 16.6. The highest BCUT2D eigenvalue weighted by atomic mass is 32.1. The molecule has 0 saturated carbocycles. The zero-order valence-corrected chi connectivity index (χ0v) is 40.8. The van der Waals surface area contributed by atoms with Crippen molar-refractivity contribution in [3.63, 3.8) is 0 Å². The van der Waals surface area contributed by atoms with Crippen molar-refractivity contribution < 1.29 is 0 Å². The number of aromatic nitrogens is 6. The van der Waals surface area contributed by atoms with E-state index in [-0.39, 0.29) is 0 Å². The van der Waals surface area contributed by atoms with Gasteiger partial charge in [-0.15, -0.1) is 22.7 Å². The van der Waals surface area contributed by atoms with E-state index < -0.39 is 0 Å². The Morgan fingerprint density at radius 2 is 1.32 bits per heavy atom. The number of nitrogens with zero attached hydrogens (tertiary/aromatic N) is 8. The third kappa shape index (κ3) is 8.45. The molecule has 11 aromatic rings. The monoisotopic (exact) mass is 920 g/mol. The minimum absolute atomic E-state index is 0.393. The van der Waals surface area contributed by atoms with Crippen LogP contribution in [0.1, 0.15) is 101 Å². The number of hydrogen-bond acceptors (Lipinski definition) is 11. The summed E-state index contributed by atoms with van der Waals surface area (Å²) < 4.78 is 30.6. The lowest BCUT2D eigenvalue weighted by Crippen LogP contribution is -1.90. The molecule has 12 rings (SSSR count). The van der Waals surface area contributed by atoms with Gasteiger partial charge in [0.1, 0.15) is 33.4 Å². The van der Waals surface area contributed by atoms with Gasteiger partial charge < -0.3 is 4.57 Å². The molecule has 0 spiro atoms. The number of hydrogen-bond donors (Lipinski definition) is 0. The van der Waals surface area contributed by atoms with Crippen LogP contribution in [-0.4, -0.2) is 27.0 Å². The molecule has 0 fully saturated rings. The maximum Gasteiger partial charge on any atom is 0.110 e. The largest absolute Gasteiger partial charge is 0.333 e. The molecule has 6 heterocycles. The third-order valence-corrected chi connectivity index (χ3v) is 15.3. The van der Waals surface area contributed by atoms with E-state index in [0.717, 1.165) is 39.0 Å². The van der Waals surface area contributed by atoms with Gasteiger partial charge in [-0.3, -0.25) is 0 Å². The van der Waals surface area contributed by atoms with Crippen LogP contribution in [0.3, 0.4) is 0 Å². The summed E-state index contributed by atoms with van der Waals surface area (Å²) in [7, 11) is 2.07. The normalized spacial score (nSPS) is 12.2. The van der Waals surface area contributed by atoms with Gasteiger partial charge in [0, 0.05) is 37.7 Å². The average Bonchev–Trinajstić information content (AvgIpc) is 4.14. The van der Waals surface area contributed by atoms with Crippen LogP contribution in [0.5, 0.6) is 0 Å². The predicted molar refractivity (Wildman–Crippen MR) is 276 cm³/mol. The summed E-state index contributed by atoms with van der Waals surface area (Å²) in [6, 6.07) is 32.7. The number of thiophene rings is 2. The van der Waals surface area contributed by atoms with E-state index in [4.69, 9.17) is 0 Å². The van der Waals surface area contributed by atoms with E-state index >= 15 is 0 Å². The second-order valence-corrected chi connectivity index (χ2v) is 20.7. The molecule has 0 unspecified atom stereocenters. The van der Waals surface area contributed by atoms with Crippen molar-refractivity contribution in [1.29, 1.82) is 0 Å². The average molecular weight is 921 g/mol. The van der Waals surface area contributed by atoms with E-state index in [9.17, 15) is 0 Å². The van der Waals surface area contributed by atoms with E-state index in [1.807, 2.05) is 47.2 Å². The first-order valence-corrected chi connectivity index (χ1v) is 25.1. The molecule has 8 nitrogen and oxygen atoms in total. The number of rotatable bonds is 4. The van der Waals surface area contributed by atoms with Gasteiger partial charge >= 0.3 is 0 Å². The molecule has 318 valence electrons. The molecule has 1 aliphatic rings. The van der Waals surface area contributed by atoms with Crippen molar-refractivity contribution in [3.8, 4) is 0 Å². The first-order valence-electron chi connectivity index (χ1n) is 21.2. The summed E-state index contributed by atoms with van der Waals surface area (Å²) in [5.41, 5.74) is 12.1. The van der Waals surface area contributed by atoms with E-state index in [1.54, 1.807) is 0 Å². The summed E-state index contributed by atoms with van der Waals surface area (Å²) >= 11 is 7.53. The highest BCUT2D eigenvalue weighted by Crippen LogP contribution is 2.43. The van der Waals surface area contributed by atoms with Crippen molar-refractivity contribution in [2.24, 2.45) is 15.8 Å². The van der Waals surface area contributed by atoms with Gasteiger partial charge in [-0.1, -0.05) is 104 Å². The number of fused-ring (bicyclic) bond motifs is 11. The molecule has 13 heteroatoms. The lowest BCUT2D eigenvalue weighted by atomic mass is 9.95. The van der Waals surface area contributed by atoms with Gasteiger partial charge in [0.25, 0.3) is 0 Å². The van der Waals surface area contributed by atoms with Gasteiger partial charge in [-0.25, -0.2) is 4.98 Å². The quantitative estimate of drug-likeness (QED) is 0.164. The van der Waals surface area contributed by atoms with Crippen LogP contribution >= 0.6 is 46.1 Å². The molecule has 0 amide bonds. The van der Waals surface area contributed by atoms with E-state index in [1.165, 1.54) is 104 Å². The Morgan fingerprint density at radius 3 is 2.08 bits per heavy atom. The number of aryl methyl sites for hydroxylation is 1. The van der Waals surface area contributed by atoms with E-state index in [0.29, 0.717) is 23.7 Å². The first-order chi connectivity index (χ1) is 30.5. The van der Waals surface area contributed by atoms with E-state index in [2.05, 4.69) is 176 Å². The Labute approximate surface area is 387 Å². The molecule has 0 atom stereocenters. The molecule has 1 aliphatic heterocycles. The topological polar surface area (TPSA) is 94.1 Å². The molecule has 0 bridgehead atoms. The molecule has 6 aromatic carbocycles. The van der Waals surface area contributed by atoms with Gasteiger partial charge in [0.05, 0.1) is 52.2 Å². The summed E-state index contributed by atoms with van der Waals surface area (Å²) in [5, 5.41) is 10.1.